The third-order valence-corrected chi connectivity index (χ3v) is 2.47. The highest BCUT2D eigenvalue weighted by Crippen LogP contribution is 2.36. The molecule has 0 aromatic heterocycles. The average molecular weight is 170 g/mol. The summed E-state index contributed by atoms with van der Waals surface area (Å²) in [6.07, 6.45) is 3.76. The van der Waals surface area contributed by atoms with Crippen LogP contribution in [0.5, 0.6) is 0 Å². The van der Waals surface area contributed by atoms with Crippen LogP contribution in [0.3, 0.4) is 0 Å². The lowest BCUT2D eigenvalue weighted by Crippen LogP contribution is -2.30. The largest absolute Gasteiger partial charge is 0.466 e. The van der Waals surface area contributed by atoms with E-state index in [1.165, 1.54) is 6.92 Å². The topological polar surface area (TPSA) is 43.4 Å². The van der Waals surface area contributed by atoms with E-state index in [1.54, 1.807) is 0 Å². The second-order valence-electron chi connectivity index (χ2n) is 3.30. The van der Waals surface area contributed by atoms with Crippen molar-refractivity contribution >= 4 is 12.3 Å². The molecule has 0 aromatic rings. The fraction of sp³-hybridized carbons (Fsp3) is 0.778. The number of hydrogen-bond donors (Lipinski definition) is 0. The maximum atomic E-state index is 10.5. The van der Waals surface area contributed by atoms with Gasteiger partial charge in [-0.05, 0) is 24.7 Å². The molecule has 1 fully saturated rings. The van der Waals surface area contributed by atoms with Gasteiger partial charge in [0.1, 0.15) is 6.29 Å². The first-order valence-electron chi connectivity index (χ1n) is 4.31. The van der Waals surface area contributed by atoms with E-state index >= 15 is 0 Å². The highest BCUT2D eigenvalue weighted by Gasteiger charge is 2.30. The van der Waals surface area contributed by atoms with E-state index in [0.29, 0.717) is 24.9 Å². The van der Waals surface area contributed by atoms with Gasteiger partial charge in [0.25, 0.3) is 0 Å². The number of carbonyl (C=O) groups is 2. The molecule has 68 valence electrons. The third kappa shape index (κ3) is 2.32. The van der Waals surface area contributed by atoms with Gasteiger partial charge < -0.3 is 9.53 Å². The van der Waals surface area contributed by atoms with E-state index in [4.69, 9.17) is 4.74 Å². The lowest BCUT2D eigenvalue weighted by atomic mass is 9.73. The minimum absolute atomic E-state index is 0.230. The van der Waals surface area contributed by atoms with E-state index in [1.807, 2.05) is 0 Å². The van der Waals surface area contributed by atoms with E-state index in [0.717, 1.165) is 19.1 Å². The molecule has 3 nitrogen and oxygen atoms in total. The molecule has 0 heterocycles. The molecule has 0 N–H and O–H groups in total. The molecule has 1 aliphatic rings. The average Bonchev–Trinajstić information content (AvgIpc) is 1.98. The van der Waals surface area contributed by atoms with Crippen molar-refractivity contribution in [3.63, 3.8) is 0 Å². The minimum Gasteiger partial charge on any atom is -0.466 e. The van der Waals surface area contributed by atoms with Crippen LogP contribution in [-0.4, -0.2) is 18.9 Å². The van der Waals surface area contributed by atoms with Gasteiger partial charge in [-0.3, -0.25) is 4.79 Å². The molecule has 0 unspecified atom stereocenters. The van der Waals surface area contributed by atoms with E-state index in [9.17, 15) is 9.59 Å². The first kappa shape index (κ1) is 9.23. The summed E-state index contributed by atoms with van der Waals surface area (Å²) >= 11 is 0. The van der Waals surface area contributed by atoms with Gasteiger partial charge >= 0.3 is 5.97 Å². The summed E-state index contributed by atoms with van der Waals surface area (Å²) in [4.78, 5) is 20.6. The van der Waals surface area contributed by atoms with Crippen molar-refractivity contribution in [2.24, 2.45) is 11.8 Å². The van der Waals surface area contributed by atoms with Crippen molar-refractivity contribution in [2.75, 3.05) is 6.61 Å². The zero-order valence-corrected chi connectivity index (χ0v) is 7.29. The second kappa shape index (κ2) is 4.24. The smallest absolute Gasteiger partial charge is 0.302 e. The van der Waals surface area contributed by atoms with Crippen molar-refractivity contribution < 1.29 is 14.3 Å². The number of hydrogen-bond acceptors (Lipinski definition) is 3. The molecule has 1 aliphatic carbocycles. The van der Waals surface area contributed by atoms with Crippen LogP contribution in [0.25, 0.3) is 0 Å². The Morgan fingerprint density at radius 2 is 2.17 bits per heavy atom. The lowest BCUT2D eigenvalue weighted by Gasteiger charge is -2.34. The monoisotopic (exact) mass is 170 g/mol. The van der Waals surface area contributed by atoms with E-state index < -0.39 is 0 Å². The van der Waals surface area contributed by atoms with Crippen molar-refractivity contribution in [1.82, 2.24) is 0 Å². The summed E-state index contributed by atoms with van der Waals surface area (Å²) in [6, 6.07) is 0. The van der Waals surface area contributed by atoms with Gasteiger partial charge in [-0.25, -0.2) is 0 Å². The Labute approximate surface area is 72.1 Å². The Morgan fingerprint density at radius 3 is 2.58 bits per heavy atom. The molecule has 0 radical (unpaired) electrons. The molecular weight excluding hydrogens is 156 g/mol. The van der Waals surface area contributed by atoms with Crippen molar-refractivity contribution in [2.45, 2.75) is 26.2 Å². The van der Waals surface area contributed by atoms with Crippen LogP contribution in [0, 0.1) is 11.8 Å². The van der Waals surface area contributed by atoms with Crippen LogP contribution in [0.15, 0.2) is 0 Å². The zero-order chi connectivity index (χ0) is 8.97. The molecular formula is C9H14O3. The van der Waals surface area contributed by atoms with Gasteiger partial charge in [0.05, 0.1) is 6.61 Å². The summed E-state index contributed by atoms with van der Waals surface area (Å²) in [5, 5.41) is 0. The Kier molecular flexibility index (Phi) is 3.26. The van der Waals surface area contributed by atoms with Gasteiger partial charge in [-0.2, -0.15) is 0 Å². The molecule has 1 rings (SSSR count). The molecule has 2 atom stereocenters. The standard InChI is InChI=1S/C9H14O3/c1-7(11)12-6-9-3-2-8(9)4-5-10/h5,8-9H,2-4,6H2,1H3/t8-,9+/m1/s1. The van der Waals surface area contributed by atoms with Crippen LogP contribution in [-0.2, 0) is 14.3 Å². The van der Waals surface area contributed by atoms with Crippen molar-refractivity contribution in [3.8, 4) is 0 Å². The summed E-state index contributed by atoms with van der Waals surface area (Å²) in [7, 11) is 0. The predicted octanol–water partition coefficient (Wildman–Crippen LogP) is 1.16. The summed E-state index contributed by atoms with van der Waals surface area (Å²) in [6.45, 7) is 1.90. The molecule has 12 heavy (non-hydrogen) atoms. The Bertz CT molecular complexity index is 177. The van der Waals surface area contributed by atoms with Crippen LogP contribution in [0.4, 0.5) is 0 Å². The minimum atomic E-state index is -0.230. The highest BCUT2D eigenvalue weighted by atomic mass is 16.5. The van der Waals surface area contributed by atoms with Crippen LogP contribution < -0.4 is 0 Å². The first-order valence-corrected chi connectivity index (χ1v) is 4.31. The molecule has 0 spiro atoms. The van der Waals surface area contributed by atoms with Crippen molar-refractivity contribution in [3.05, 3.63) is 0 Å². The normalized spacial score (nSPS) is 27.4. The number of ether oxygens (including phenoxy) is 1. The maximum Gasteiger partial charge on any atom is 0.302 e. The molecule has 0 amide bonds. The van der Waals surface area contributed by atoms with Gasteiger partial charge in [0.15, 0.2) is 0 Å². The fourth-order valence-corrected chi connectivity index (χ4v) is 1.52. The van der Waals surface area contributed by atoms with Gasteiger partial charge in [-0.15, -0.1) is 0 Å². The fourth-order valence-electron chi connectivity index (χ4n) is 1.52. The quantitative estimate of drug-likeness (QED) is 0.469. The molecule has 0 aliphatic heterocycles. The van der Waals surface area contributed by atoms with Gasteiger partial charge in [-0.1, -0.05) is 0 Å². The summed E-state index contributed by atoms with van der Waals surface area (Å²) < 4.78 is 4.87. The highest BCUT2D eigenvalue weighted by molar-refractivity contribution is 5.65. The Hall–Kier alpha value is -0.860. The zero-order valence-electron chi connectivity index (χ0n) is 7.29. The molecule has 0 bridgehead atoms. The van der Waals surface area contributed by atoms with Crippen LogP contribution in [0.2, 0.25) is 0 Å². The number of aldehydes is 1. The third-order valence-electron chi connectivity index (χ3n) is 2.47. The van der Waals surface area contributed by atoms with Gasteiger partial charge in [0.2, 0.25) is 0 Å². The predicted molar refractivity (Wildman–Crippen MR) is 43.5 cm³/mol. The number of rotatable bonds is 4. The Morgan fingerprint density at radius 1 is 1.50 bits per heavy atom. The molecule has 0 saturated heterocycles. The number of carbonyl (C=O) groups excluding carboxylic acids is 2. The van der Waals surface area contributed by atoms with Crippen LogP contribution >= 0.6 is 0 Å². The molecule has 1 saturated carbocycles. The van der Waals surface area contributed by atoms with Gasteiger partial charge in [0, 0.05) is 13.3 Å². The molecule has 3 heteroatoms. The number of esters is 1. The van der Waals surface area contributed by atoms with E-state index in [-0.39, 0.29) is 5.97 Å². The SMILES string of the molecule is CC(=O)OC[C@@H]1CC[C@@H]1CC=O. The first-order chi connectivity index (χ1) is 5.74. The van der Waals surface area contributed by atoms with Crippen LogP contribution in [0.1, 0.15) is 26.2 Å². The maximum absolute atomic E-state index is 10.5. The lowest BCUT2D eigenvalue weighted by molar-refractivity contribution is -0.144. The summed E-state index contributed by atoms with van der Waals surface area (Å²) in [5.74, 6) is 0.660. The van der Waals surface area contributed by atoms with Crippen molar-refractivity contribution in [1.29, 1.82) is 0 Å². The Balaban J connectivity index is 2.16. The second-order valence-corrected chi connectivity index (χ2v) is 3.30. The van der Waals surface area contributed by atoms with E-state index in [2.05, 4.69) is 0 Å². The summed E-state index contributed by atoms with van der Waals surface area (Å²) in [5.41, 5.74) is 0. The molecule has 0 aromatic carbocycles.